The Kier molecular flexibility index (Phi) is 8.13. The molecule has 0 aromatic heterocycles. The minimum atomic E-state index is 0. The summed E-state index contributed by atoms with van der Waals surface area (Å²) in [5.74, 6) is 3.20. The van der Waals surface area contributed by atoms with E-state index in [0.29, 0.717) is 24.4 Å². The average Bonchev–Trinajstić information content (AvgIpc) is 3.20. The standard InChI is InChI=1S/C22H31N3O3.2ClH/c26-22(7-5-15-4-6-20-21(9-15)28-14-27-20)24-13-19-17-10-16(11-23-12-17)18-3-1-2-8-25(18)19;;/h4,6,9,16-19,23H,1-3,5,7-8,10-14H2,(H,24,26);2*1H/t16-,17+,18+,19+;;/m1../s1. The van der Waals surface area contributed by atoms with Gasteiger partial charge in [-0.1, -0.05) is 12.5 Å². The Balaban J connectivity index is 0.00000128. The smallest absolute Gasteiger partial charge is 0.231 e. The second kappa shape index (κ2) is 10.4. The van der Waals surface area contributed by atoms with Gasteiger partial charge < -0.3 is 20.1 Å². The van der Waals surface area contributed by atoms with Crippen molar-refractivity contribution < 1.29 is 14.3 Å². The van der Waals surface area contributed by atoms with Crippen molar-refractivity contribution in [2.45, 2.75) is 50.6 Å². The molecule has 4 aliphatic heterocycles. The fourth-order valence-corrected chi connectivity index (χ4v) is 5.71. The fraction of sp³-hybridized carbons (Fsp3) is 0.682. The third-order valence-electron chi connectivity index (χ3n) is 7.11. The number of hydrogen-bond donors (Lipinski definition) is 2. The first-order valence-corrected chi connectivity index (χ1v) is 10.9. The van der Waals surface area contributed by atoms with E-state index in [1.807, 2.05) is 18.2 Å². The van der Waals surface area contributed by atoms with Gasteiger partial charge in [-0.2, -0.15) is 0 Å². The minimum Gasteiger partial charge on any atom is -0.454 e. The number of aryl methyl sites for hydroxylation is 1. The lowest BCUT2D eigenvalue weighted by molar-refractivity contribution is -0.122. The number of carbonyl (C=O) groups excluding carboxylic acids is 1. The van der Waals surface area contributed by atoms with Gasteiger partial charge in [0.25, 0.3) is 0 Å². The molecule has 3 saturated heterocycles. The SMILES string of the molecule is Cl.Cl.O=C(CCc1ccc2c(c1)OCO2)NC[C@H]1[C@@H]2CNC[C@@H](C2)[C@@H]2CCCCN21. The van der Waals surface area contributed by atoms with Gasteiger partial charge >= 0.3 is 0 Å². The number of benzene rings is 1. The average molecular weight is 458 g/mol. The number of halogens is 2. The summed E-state index contributed by atoms with van der Waals surface area (Å²) < 4.78 is 10.8. The van der Waals surface area contributed by atoms with Crippen molar-refractivity contribution in [1.29, 1.82) is 0 Å². The Bertz CT molecular complexity index is 736. The summed E-state index contributed by atoms with van der Waals surface area (Å²) in [6, 6.07) is 7.15. The van der Waals surface area contributed by atoms with Crippen molar-refractivity contribution in [3.63, 3.8) is 0 Å². The van der Waals surface area contributed by atoms with E-state index in [4.69, 9.17) is 9.47 Å². The molecule has 1 amide bonds. The van der Waals surface area contributed by atoms with Gasteiger partial charge in [-0.05, 0) is 74.8 Å². The van der Waals surface area contributed by atoms with E-state index in [9.17, 15) is 4.79 Å². The lowest BCUT2D eigenvalue weighted by Gasteiger charge is -2.55. The zero-order chi connectivity index (χ0) is 18.9. The normalized spacial score (nSPS) is 29.2. The van der Waals surface area contributed by atoms with E-state index in [1.165, 1.54) is 38.8 Å². The summed E-state index contributed by atoms with van der Waals surface area (Å²) in [6.07, 6.45) is 6.56. The highest BCUT2D eigenvalue weighted by Gasteiger charge is 2.45. The van der Waals surface area contributed by atoms with Crippen LogP contribution < -0.4 is 20.1 Å². The highest BCUT2D eigenvalue weighted by atomic mass is 35.5. The molecule has 6 nitrogen and oxygen atoms in total. The van der Waals surface area contributed by atoms with Crippen molar-refractivity contribution in [1.82, 2.24) is 15.5 Å². The fourth-order valence-electron chi connectivity index (χ4n) is 5.71. The maximum absolute atomic E-state index is 12.5. The molecule has 0 aliphatic carbocycles. The van der Waals surface area contributed by atoms with Crippen molar-refractivity contribution in [3.05, 3.63) is 23.8 Å². The molecule has 1 aromatic rings. The third kappa shape index (κ3) is 4.82. The lowest BCUT2D eigenvalue weighted by atomic mass is 9.73. The minimum absolute atomic E-state index is 0. The van der Waals surface area contributed by atoms with E-state index in [2.05, 4.69) is 15.5 Å². The van der Waals surface area contributed by atoms with Crippen LogP contribution in [0.1, 0.15) is 37.7 Å². The number of fused-ring (bicyclic) bond motifs is 5. The maximum Gasteiger partial charge on any atom is 0.231 e. The first-order valence-electron chi connectivity index (χ1n) is 10.9. The van der Waals surface area contributed by atoms with Crippen LogP contribution >= 0.6 is 24.8 Å². The molecule has 30 heavy (non-hydrogen) atoms. The predicted molar refractivity (Wildman–Crippen MR) is 121 cm³/mol. The topological polar surface area (TPSA) is 62.8 Å². The monoisotopic (exact) mass is 457 g/mol. The number of hydrogen-bond acceptors (Lipinski definition) is 5. The molecule has 0 saturated carbocycles. The lowest BCUT2D eigenvalue weighted by Crippen LogP contribution is -2.65. The summed E-state index contributed by atoms with van der Waals surface area (Å²) in [5.41, 5.74) is 1.12. The largest absolute Gasteiger partial charge is 0.454 e. The van der Waals surface area contributed by atoms with Gasteiger partial charge in [-0.15, -0.1) is 24.8 Å². The quantitative estimate of drug-likeness (QED) is 0.711. The Hall–Kier alpha value is -1.21. The van der Waals surface area contributed by atoms with E-state index in [-0.39, 0.29) is 37.5 Å². The molecule has 5 rings (SSSR count). The van der Waals surface area contributed by atoms with Gasteiger partial charge in [0.1, 0.15) is 0 Å². The first kappa shape index (κ1) is 23.5. The molecule has 8 heteroatoms. The third-order valence-corrected chi connectivity index (χ3v) is 7.11. The van der Waals surface area contributed by atoms with Gasteiger partial charge in [-0.25, -0.2) is 0 Å². The van der Waals surface area contributed by atoms with Gasteiger partial charge in [0.2, 0.25) is 12.7 Å². The van der Waals surface area contributed by atoms with E-state index >= 15 is 0 Å². The van der Waals surface area contributed by atoms with Crippen LogP contribution in [0.5, 0.6) is 11.5 Å². The number of amides is 1. The molecule has 4 atom stereocenters. The summed E-state index contributed by atoms with van der Waals surface area (Å²) in [5, 5.41) is 6.89. The number of piperidine rings is 3. The van der Waals surface area contributed by atoms with Crippen LogP contribution in [0.4, 0.5) is 0 Å². The van der Waals surface area contributed by atoms with Gasteiger partial charge in [-0.3, -0.25) is 9.69 Å². The molecule has 2 N–H and O–H groups in total. The molecule has 168 valence electrons. The van der Waals surface area contributed by atoms with Crippen LogP contribution in [-0.4, -0.2) is 55.9 Å². The number of rotatable bonds is 5. The van der Waals surface area contributed by atoms with Crippen molar-refractivity contribution >= 4 is 30.7 Å². The van der Waals surface area contributed by atoms with Crippen LogP contribution in [0.25, 0.3) is 0 Å². The molecule has 2 bridgehead atoms. The van der Waals surface area contributed by atoms with Crippen molar-refractivity contribution in [2.24, 2.45) is 11.8 Å². The van der Waals surface area contributed by atoms with Crippen LogP contribution in [-0.2, 0) is 11.2 Å². The molecular formula is C22H33Cl2N3O3. The Labute approximate surface area is 191 Å². The van der Waals surface area contributed by atoms with E-state index < -0.39 is 0 Å². The summed E-state index contributed by atoms with van der Waals surface area (Å²) >= 11 is 0. The van der Waals surface area contributed by atoms with Crippen molar-refractivity contribution in [2.75, 3.05) is 33.0 Å². The Morgan fingerprint density at radius 1 is 1.13 bits per heavy atom. The highest BCUT2D eigenvalue weighted by Crippen LogP contribution is 2.38. The Morgan fingerprint density at radius 3 is 2.87 bits per heavy atom. The van der Waals surface area contributed by atoms with E-state index in [0.717, 1.165) is 42.5 Å². The summed E-state index contributed by atoms with van der Waals surface area (Å²) in [4.78, 5) is 15.3. The van der Waals surface area contributed by atoms with Crippen LogP contribution in [0, 0.1) is 11.8 Å². The Morgan fingerprint density at radius 2 is 1.97 bits per heavy atom. The molecule has 1 aromatic carbocycles. The van der Waals surface area contributed by atoms with Gasteiger partial charge in [0.15, 0.2) is 11.5 Å². The zero-order valence-electron chi connectivity index (χ0n) is 17.3. The van der Waals surface area contributed by atoms with Crippen molar-refractivity contribution in [3.8, 4) is 11.5 Å². The maximum atomic E-state index is 12.5. The first-order chi connectivity index (χ1) is 13.8. The zero-order valence-corrected chi connectivity index (χ0v) is 18.9. The molecule has 4 heterocycles. The summed E-state index contributed by atoms with van der Waals surface area (Å²) in [7, 11) is 0. The second-order valence-corrected chi connectivity index (χ2v) is 8.77. The molecule has 0 unspecified atom stereocenters. The second-order valence-electron chi connectivity index (χ2n) is 8.77. The number of nitrogens with zero attached hydrogens (tertiary/aromatic N) is 1. The molecule has 4 aliphatic rings. The van der Waals surface area contributed by atoms with Crippen LogP contribution in [0.15, 0.2) is 18.2 Å². The number of ether oxygens (including phenoxy) is 2. The van der Waals surface area contributed by atoms with Crippen LogP contribution in [0.3, 0.4) is 0 Å². The van der Waals surface area contributed by atoms with Gasteiger partial charge in [0.05, 0.1) is 0 Å². The van der Waals surface area contributed by atoms with Gasteiger partial charge in [0, 0.05) is 25.0 Å². The van der Waals surface area contributed by atoms with Crippen LogP contribution in [0.2, 0.25) is 0 Å². The molecular weight excluding hydrogens is 425 g/mol. The molecule has 0 spiro atoms. The molecule has 3 fully saturated rings. The summed E-state index contributed by atoms with van der Waals surface area (Å²) in [6.45, 7) is 4.55. The van der Waals surface area contributed by atoms with E-state index in [1.54, 1.807) is 0 Å². The highest BCUT2D eigenvalue weighted by molar-refractivity contribution is 5.85. The molecule has 0 radical (unpaired) electrons. The number of carbonyl (C=O) groups is 1. The number of nitrogens with one attached hydrogen (secondary N) is 2. The predicted octanol–water partition coefficient (Wildman–Crippen LogP) is 2.77.